The van der Waals surface area contributed by atoms with E-state index >= 15 is 14.4 Å². The van der Waals surface area contributed by atoms with Gasteiger partial charge in [0, 0.05) is 155 Å². The SMILES string of the molecule is CC(C)[C@@H]1NC(=O)[C@H](Cc2c[nH]c3ccccc23)NC(=O)[C@@H]2CSCC(=O)N3CCC(CC3)N(C3CCN(CC3)C(=O)CSC[C@@H](C(N)=O)NC(=O)[C@@H]3CCCN3C(=O)[C@H](C(C)C)NC(=O)[C@H](Cc3c[nH]c4ccccc34)NC(=O)CNC(=O)[C@H](CC(=O)O)NC1=O)C1CCN(CC1)C(=O)CSC[C@H](NC(=O)[C@H](C)NCC(=O)CN(C)C(=O)CCN)C(=O)N[C@@H]([C@@H](C)O)C(=O)N[C@@H](CCC(=O)O)C(=O)N2. The summed E-state index contributed by atoms with van der Waals surface area (Å²) < 4.78 is 0. The van der Waals surface area contributed by atoms with Gasteiger partial charge in [0.25, 0.3) is 0 Å². The number of aromatic amines is 2. The van der Waals surface area contributed by atoms with Crippen molar-refractivity contribution in [2.75, 3.05) is 114 Å². The van der Waals surface area contributed by atoms with Gasteiger partial charge in [0.1, 0.15) is 66.5 Å². The fourth-order valence-electron chi connectivity index (χ4n) is 18.1. The third-order valence-corrected chi connectivity index (χ3v) is 29.0. The van der Waals surface area contributed by atoms with Crippen molar-refractivity contribution in [3.8, 4) is 0 Å². The Hall–Kier alpha value is -12.0. The zero-order valence-electron chi connectivity index (χ0n) is 79.7. The highest BCUT2D eigenvalue weighted by Gasteiger charge is 2.45. The second-order valence-electron chi connectivity index (χ2n) is 36.9. The first-order chi connectivity index (χ1) is 66.7. The van der Waals surface area contributed by atoms with Crippen LogP contribution in [0.25, 0.3) is 21.8 Å². The van der Waals surface area contributed by atoms with Gasteiger partial charge in [-0.1, -0.05) is 64.1 Å². The number of thioether (sulfide) groups is 3. The molecule has 9 aliphatic heterocycles. The fourth-order valence-corrected chi connectivity index (χ4v) is 20.9. The molecule has 0 saturated carbocycles. The number of hydrogen-bond donors (Lipinski definition) is 19. The minimum atomic E-state index is -2.01. The molecular formula is C92H132N22O23S3. The van der Waals surface area contributed by atoms with Crippen molar-refractivity contribution in [1.29, 1.82) is 0 Å². The first-order valence-corrected chi connectivity index (χ1v) is 50.8. The van der Waals surface area contributed by atoms with Gasteiger partial charge in [-0.3, -0.25) is 106 Å². The molecule has 1 unspecified atom stereocenters. The van der Waals surface area contributed by atoms with Crippen LogP contribution < -0.4 is 75.3 Å². The minimum Gasteiger partial charge on any atom is -0.481 e. The molecule has 2 aromatic heterocycles. The molecule has 11 heterocycles. The van der Waals surface area contributed by atoms with E-state index in [0.29, 0.717) is 91.0 Å². The summed E-state index contributed by atoms with van der Waals surface area (Å²) in [7, 11) is 1.40. The maximum Gasteiger partial charge on any atom is 0.305 e. The van der Waals surface area contributed by atoms with Gasteiger partial charge in [-0.05, 0) is 107 Å². The number of piperidine rings is 3. The highest BCUT2D eigenvalue weighted by molar-refractivity contribution is 8.00. The molecule has 13 rings (SSSR count). The number of nitrogens with one attached hydrogen (secondary N) is 14. The largest absolute Gasteiger partial charge is 0.481 e. The van der Waals surface area contributed by atoms with Crippen molar-refractivity contribution in [3.05, 3.63) is 72.1 Å². The lowest BCUT2D eigenvalue weighted by molar-refractivity contribution is -0.143. The van der Waals surface area contributed by atoms with Crippen molar-refractivity contribution in [2.24, 2.45) is 23.3 Å². The number of rotatable bonds is 22. The Morgan fingerprint density at radius 1 is 0.514 bits per heavy atom. The Bertz CT molecular complexity index is 5150. The predicted octanol–water partition coefficient (Wildman–Crippen LogP) is -4.24. The second-order valence-corrected chi connectivity index (χ2v) is 40.0. The molecule has 4 aromatic rings. The van der Waals surface area contributed by atoms with E-state index in [0.717, 1.165) is 42.2 Å². The molecule has 0 aliphatic carbocycles. The van der Waals surface area contributed by atoms with Crippen LogP contribution in [0.5, 0.6) is 0 Å². The molecule has 0 spiro atoms. The van der Waals surface area contributed by atoms with Gasteiger partial charge in [0.05, 0.1) is 55.5 Å². The van der Waals surface area contributed by atoms with Gasteiger partial charge in [-0.15, -0.1) is 35.3 Å². The molecule has 45 nitrogen and oxygen atoms in total. The van der Waals surface area contributed by atoms with Crippen molar-refractivity contribution in [3.63, 3.8) is 0 Å². The lowest BCUT2D eigenvalue weighted by Crippen LogP contribution is -2.62. The number of aromatic nitrogens is 2. The van der Waals surface area contributed by atoms with Crippen LogP contribution in [-0.4, -0.2) is 383 Å². The average molecular weight is 2010 g/mol. The smallest absolute Gasteiger partial charge is 0.305 e. The number of nitrogens with zero attached hydrogens (tertiary/aromatic N) is 6. The van der Waals surface area contributed by atoms with Crippen LogP contribution in [0.1, 0.15) is 130 Å². The van der Waals surface area contributed by atoms with Gasteiger partial charge < -0.3 is 120 Å². The minimum absolute atomic E-state index is 0.0265. The van der Waals surface area contributed by atoms with E-state index in [1.807, 2.05) is 0 Å². The van der Waals surface area contributed by atoms with Crippen LogP contribution >= 0.6 is 35.3 Å². The predicted molar refractivity (Wildman–Crippen MR) is 517 cm³/mol. The van der Waals surface area contributed by atoms with E-state index in [-0.39, 0.29) is 136 Å². The number of amides is 17. The molecule has 2 aromatic carbocycles. The lowest BCUT2D eigenvalue weighted by atomic mass is 9.90. The maximum absolute atomic E-state index is 15.6. The number of aliphatic carboxylic acids is 2. The third kappa shape index (κ3) is 31.0. The molecule has 9 saturated heterocycles. The van der Waals surface area contributed by atoms with Crippen LogP contribution in [0.2, 0.25) is 0 Å². The number of fused-ring (bicyclic) bond motifs is 30. The standard InChI is InChI=1S/C92H132N22O23S3/c1-49(2)78-90(135)102-66(37-77(124)125)83(128)98-41-71(117)99-64(35-53-38-96-61-15-10-8-13-59(53)61)85(130)107-79(50(3)4)92(137)113-28-12-17-70(113)89(134)103-67(81(94)126)43-138-46-73(119)110-29-21-55(22-30-110)114-56-23-31-111(32-24-56)74(120)47-139-44-68(87(132)101-65(86(131)106-78)36-54-39-97-62-16-11-9-14-60(54)62)105-84(129)63(18-19-76(122)123)100-91(136)80(52(6)115)108-88(133)69(45-140-48-75(121)112-33-25-57(114)26-34-112)104-82(127)51(5)95-40-58(116)42-109(7)72(118)20-27-93/h8-11,13-16,38-39,49-52,55-57,63-70,78-80,95-97,115H,12,17-37,40-48,93H2,1-7H3,(H2,94,126)(H,98,128)(H,99,117)(H,100,136)(H,101,132)(H,102,135)(H,103,134)(H,104,127)(H,105,129)(H,106,131)(H,107,130)(H,108,133)(H,122,123)(H,124,125)/t51-,52+,63-,64-,65-,66-,67-,68-,69-,70-,78-,79-,80-/m0/s1. The normalized spacial score (nSPS) is 26.6. The number of hydrogen-bond acceptors (Lipinski definition) is 27. The van der Waals surface area contributed by atoms with E-state index < -0.39 is 229 Å². The number of aliphatic hydroxyl groups is 1. The zero-order chi connectivity index (χ0) is 102. The van der Waals surface area contributed by atoms with Crippen LogP contribution in [0, 0.1) is 11.8 Å². The number of carbonyl (C=O) groups excluding carboxylic acids is 18. The summed E-state index contributed by atoms with van der Waals surface area (Å²) in [5, 5.41) is 64.0. The second kappa shape index (κ2) is 52.5. The summed E-state index contributed by atoms with van der Waals surface area (Å²) in [6, 6.07) is -5.76. The highest BCUT2D eigenvalue weighted by atomic mass is 32.2. The van der Waals surface area contributed by atoms with E-state index in [1.165, 1.54) is 37.6 Å². The van der Waals surface area contributed by atoms with Crippen molar-refractivity contribution in [2.45, 2.75) is 228 Å². The Morgan fingerprint density at radius 2 is 1.00 bits per heavy atom. The van der Waals surface area contributed by atoms with Gasteiger partial charge >= 0.3 is 11.9 Å². The number of H-pyrrole nitrogens is 2. The first-order valence-electron chi connectivity index (χ1n) is 47.3. The summed E-state index contributed by atoms with van der Waals surface area (Å²) in [5.41, 5.74) is 13.7. The van der Waals surface area contributed by atoms with E-state index in [2.05, 4.69) is 78.7 Å². The van der Waals surface area contributed by atoms with Crippen LogP contribution in [0.4, 0.5) is 0 Å². The average Bonchev–Trinajstić information content (AvgIpc) is 0.992. The number of likely N-dealkylation sites (N-methyl/N-ethyl adjacent to an activating group) is 1. The van der Waals surface area contributed by atoms with Crippen molar-refractivity contribution >= 4 is 175 Å². The van der Waals surface area contributed by atoms with Gasteiger partial charge in [0.2, 0.25) is 100 Å². The highest BCUT2D eigenvalue weighted by Crippen LogP contribution is 2.33. The summed E-state index contributed by atoms with van der Waals surface area (Å²) in [6.07, 6.45) is 1.48. The number of aliphatic hydroxyl groups excluding tert-OH is 1. The Kier molecular flexibility index (Phi) is 41.2. The number of benzene rings is 2. The Morgan fingerprint density at radius 3 is 1.51 bits per heavy atom. The van der Waals surface area contributed by atoms with Crippen molar-refractivity contribution in [1.82, 2.24) is 103 Å². The summed E-state index contributed by atoms with van der Waals surface area (Å²) in [4.78, 5) is 301. The van der Waals surface area contributed by atoms with E-state index in [9.17, 15) is 96.8 Å². The zero-order valence-corrected chi connectivity index (χ0v) is 82.1. The monoisotopic (exact) mass is 2010 g/mol. The van der Waals surface area contributed by atoms with E-state index in [1.54, 1.807) is 89.5 Å². The summed E-state index contributed by atoms with van der Waals surface area (Å²) in [6.45, 7) is 8.86. The molecule has 21 N–H and O–H groups in total. The van der Waals surface area contributed by atoms with Gasteiger partial charge in [-0.25, -0.2) is 0 Å². The number of para-hydroxylation sites is 2. The van der Waals surface area contributed by atoms with Crippen LogP contribution in [-0.2, 0) is 109 Å². The number of carboxylic acids is 2. The van der Waals surface area contributed by atoms with Gasteiger partial charge in [-0.2, -0.15) is 0 Å². The molecule has 766 valence electrons. The van der Waals surface area contributed by atoms with Gasteiger partial charge in [0.15, 0.2) is 5.78 Å². The number of carboxylic acid groups (broad SMARTS) is 2. The Labute approximate surface area is 822 Å². The number of carbonyl (C=O) groups is 20. The molecule has 9 fully saturated rings. The number of nitrogens with two attached hydrogens (primary N) is 2. The Balaban J connectivity index is 0.994. The van der Waals surface area contributed by atoms with Crippen molar-refractivity contribution < 1.29 is 111 Å². The quantitative estimate of drug-likeness (QED) is 0.0332. The summed E-state index contributed by atoms with van der Waals surface area (Å²) in [5.74, 6) is -21.4. The molecule has 14 atom stereocenters. The molecule has 17 amide bonds. The summed E-state index contributed by atoms with van der Waals surface area (Å²) >= 11 is 2.90. The van der Waals surface area contributed by atoms with Crippen LogP contribution in [0.3, 0.4) is 0 Å². The number of ketones is 1. The molecular weight excluding hydrogens is 1880 g/mol. The molecule has 0 radical (unpaired) electrons. The molecule has 8 bridgehead atoms. The topological polar surface area (TPSA) is 650 Å². The van der Waals surface area contributed by atoms with Crippen LogP contribution in [0.15, 0.2) is 60.9 Å². The molecule has 9 aliphatic rings. The molecule has 140 heavy (non-hydrogen) atoms. The number of primary amides is 1. The van der Waals surface area contributed by atoms with E-state index in [4.69, 9.17) is 11.5 Å². The fraction of sp³-hybridized carbons (Fsp3) is 0.609. The lowest BCUT2D eigenvalue weighted by Gasteiger charge is -2.50. The number of Topliss-reactive ketones (excluding diaryl/α,β-unsaturated/α-hetero) is 1. The maximum atomic E-state index is 15.6. The molecule has 48 heteroatoms. The first kappa shape index (κ1) is 110. The third-order valence-electron chi connectivity index (χ3n) is 25.9.